The summed E-state index contributed by atoms with van der Waals surface area (Å²) < 4.78 is 10.7. The third kappa shape index (κ3) is 3.32. The SMILES string of the molecule is CCCC(=O)NCC1(C)OCCO1. The van der Waals surface area contributed by atoms with Crippen LogP contribution in [0.25, 0.3) is 0 Å². The van der Waals surface area contributed by atoms with Crippen molar-refractivity contribution in [1.82, 2.24) is 5.32 Å². The zero-order chi connectivity index (χ0) is 9.73. The van der Waals surface area contributed by atoms with Crippen molar-refractivity contribution in [2.75, 3.05) is 19.8 Å². The Labute approximate surface area is 78.6 Å². The molecule has 1 aliphatic rings. The van der Waals surface area contributed by atoms with Gasteiger partial charge in [-0.1, -0.05) is 6.92 Å². The van der Waals surface area contributed by atoms with Crippen LogP contribution in [0.4, 0.5) is 0 Å². The van der Waals surface area contributed by atoms with Crippen molar-refractivity contribution in [3.63, 3.8) is 0 Å². The molecule has 0 saturated carbocycles. The van der Waals surface area contributed by atoms with Crippen molar-refractivity contribution in [1.29, 1.82) is 0 Å². The average molecular weight is 187 g/mol. The summed E-state index contributed by atoms with van der Waals surface area (Å²) in [4.78, 5) is 11.1. The van der Waals surface area contributed by atoms with Crippen LogP contribution in [-0.4, -0.2) is 31.5 Å². The van der Waals surface area contributed by atoms with Crippen molar-refractivity contribution >= 4 is 5.91 Å². The molecular weight excluding hydrogens is 170 g/mol. The summed E-state index contributed by atoms with van der Waals surface area (Å²) in [5, 5.41) is 2.78. The van der Waals surface area contributed by atoms with Gasteiger partial charge in [-0.25, -0.2) is 0 Å². The first-order chi connectivity index (χ1) is 6.16. The van der Waals surface area contributed by atoms with Crippen molar-refractivity contribution in [3.8, 4) is 0 Å². The summed E-state index contributed by atoms with van der Waals surface area (Å²) in [5.74, 6) is -0.550. The maximum absolute atomic E-state index is 11.1. The zero-order valence-electron chi connectivity index (χ0n) is 8.26. The molecule has 0 aromatic rings. The Balaban J connectivity index is 2.21. The van der Waals surface area contributed by atoms with Gasteiger partial charge in [0.2, 0.25) is 5.91 Å². The molecule has 1 saturated heterocycles. The van der Waals surface area contributed by atoms with E-state index >= 15 is 0 Å². The molecule has 1 fully saturated rings. The van der Waals surface area contributed by atoms with Gasteiger partial charge < -0.3 is 14.8 Å². The van der Waals surface area contributed by atoms with Crippen molar-refractivity contribution in [2.24, 2.45) is 0 Å². The minimum Gasteiger partial charge on any atom is -0.351 e. The Morgan fingerprint density at radius 2 is 2.08 bits per heavy atom. The minimum absolute atomic E-state index is 0.0582. The van der Waals surface area contributed by atoms with Gasteiger partial charge in [-0.15, -0.1) is 0 Å². The molecule has 13 heavy (non-hydrogen) atoms. The van der Waals surface area contributed by atoms with Crippen LogP contribution in [-0.2, 0) is 14.3 Å². The van der Waals surface area contributed by atoms with Gasteiger partial charge >= 0.3 is 0 Å². The number of hydrogen-bond acceptors (Lipinski definition) is 3. The molecule has 1 N–H and O–H groups in total. The molecular formula is C9H17NO3. The maximum atomic E-state index is 11.1. The first-order valence-electron chi connectivity index (χ1n) is 4.71. The second-order valence-electron chi connectivity index (χ2n) is 3.36. The van der Waals surface area contributed by atoms with Gasteiger partial charge in [0.1, 0.15) is 0 Å². The van der Waals surface area contributed by atoms with Crippen LogP contribution in [0.1, 0.15) is 26.7 Å². The van der Waals surface area contributed by atoms with Crippen LogP contribution in [0.2, 0.25) is 0 Å². The minimum atomic E-state index is -0.608. The van der Waals surface area contributed by atoms with Crippen LogP contribution in [0, 0.1) is 0 Å². The second-order valence-corrected chi connectivity index (χ2v) is 3.36. The average Bonchev–Trinajstić information content (AvgIpc) is 2.51. The zero-order valence-corrected chi connectivity index (χ0v) is 8.26. The summed E-state index contributed by atoms with van der Waals surface area (Å²) in [6.45, 7) is 5.47. The molecule has 0 radical (unpaired) electrons. The first kappa shape index (κ1) is 10.5. The summed E-state index contributed by atoms with van der Waals surface area (Å²) >= 11 is 0. The smallest absolute Gasteiger partial charge is 0.220 e. The molecule has 1 heterocycles. The van der Waals surface area contributed by atoms with Gasteiger partial charge in [-0.05, 0) is 13.3 Å². The lowest BCUT2D eigenvalue weighted by molar-refractivity contribution is -0.145. The fourth-order valence-electron chi connectivity index (χ4n) is 1.23. The van der Waals surface area contributed by atoms with Gasteiger partial charge in [0.25, 0.3) is 0 Å². The fourth-order valence-corrected chi connectivity index (χ4v) is 1.23. The molecule has 1 amide bonds. The molecule has 0 atom stereocenters. The van der Waals surface area contributed by atoms with Gasteiger partial charge in [-0.3, -0.25) is 4.79 Å². The number of hydrogen-bond donors (Lipinski definition) is 1. The van der Waals surface area contributed by atoms with Gasteiger partial charge in [-0.2, -0.15) is 0 Å². The molecule has 0 bridgehead atoms. The van der Waals surface area contributed by atoms with Crippen LogP contribution in [0.5, 0.6) is 0 Å². The Morgan fingerprint density at radius 1 is 1.46 bits per heavy atom. The highest BCUT2D eigenvalue weighted by Crippen LogP contribution is 2.16. The summed E-state index contributed by atoms with van der Waals surface area (Å²) in [7, 11) is 0. The highest BCUT2D eigenvalue weighted by Gasteiger charge is 2.30. The van der Waals surface area contributed by atoms with E-state index in [9.17, 15) is 4.79 Å². The molecule has 76 valence electrons. The van der Waals surface area contributed by atoms with Gasteiger partial charge in [0.15, 0.2) is 5.79 Å². The lowest BCUT2D eigenvalue weighted by atomic mass is 10.3. The molecule has 1 aliphatic heterocycles. The molecule has 0 aromatic carbocycles. The molecule has 4 heteroatoms. The van der Waals surface area contributed by atoms with E-state index in [1.807, 2.05) is 13.8 Å². The molecule has 1 rings (SSSR count). The standard InChI is InChI=1S/C9H17NO3/c1-3-4-8(11)10-7-9(2)12-5-6-13-9/h3-7H2,1-2H3,(H,10,11). The number of carbonyl (C=O) groups excluding carboxylic acids is 1. The van der Waals surface area contributed by atoms with E-state index in [4.69, 9.17) is 9.47 Å². The molecule has 0 aromatic heterocycles. The summed E-state index contributed by atoms with van der Waals surface area (Å²) in [6, 6.07) is 0. The predicted molar refractivity (Wildman–Crippen MR) is 48.2 cm³/mol. The normalized spacial score (nSPS) is 20.2. The van der Waals surface area contributed by atoms with Crippen LogP contribution in [0.15, 0.2) is 0 Å². The van der Waals surface area contributed by atoms with Crippen LogP contribution < -0.4 is 5.32 Å². The molecule has 0 aliphatic carbocycles. The number of ether oxygens (including phenoxy) is 2. The van der Waals surface area contributed by atoms with Crippen molar-refractivity contribution in [3.05, 3.63) is 0 Å². The van der Waals surface area contributed by atoms with Gasteiger partial charge in [0, 0.05) is 6.42 Å². The summed E-state index contributed by atoms with van der Waals surface area (Å²) in [6.07, 6.45) is 1.43. The van der Waals surface area contributed by atoms with Crippen LogP contribution >= 0.6 is 0 Å². The Morgan fingerprint density at radius 3 is 2.62 bits per heavy atom. The maximum Gasteiger partial charge on any atom is 0.220 e. The molecule has 0 spiro atoms. The Kier molecular flexibility index (Phi) is 3.69. The third-order valence-electron chi connectivity index (χ3n) is 1.98. The van der Waals surface area contributed by atoms with Crippen LogP contribution in [0.3, 0.4) is 0 Å². The van der Waals surface area contributed by atoms with E-state index in [0.717, 1.165) is 6.42 Å². The highest BCUT2D eigenvalue weighted by atomic mass is 16.7. The van der Waals surface area contributed by atoms with E-state index in [0.29, 0.717) is 26.2 Å². The van der Waals surface area contributed by atoms with E-state index < -0.39 is 5.79 Å². The fraction of sp³-hybridized carbons (Fsp3) is 0.889. The van der Waals surface area contributed by atoms with Crippen molar-refractivity contribution in [2.45, 2.75) is 32.5 Å². The first-order valence-corrected chi connectivity index (χ1v) is 4.71. The van der Waals surface area contributed by atoms with Crippen molar-refractivity contribution < 1.29 is 14.3 Å². The quantitative estimate of drug-likeness (QED) is 0.703. The number of amides is 1. The lowest BCUT2D eigenvalue weighted by Gasteiger charge is -2.22. The third-order valence-corrected chi connectivity index (χ3v) is 1.98. The lowest BCUT2D eigenvalue weighted by Crippen LogP contribution is -2.41. The molecule has 0 unspecified atom stereocenters. The predicted octanol–water partition coefficient (Wildman–Crippen LogP) is 0.666. The Bertz CT molecular complexity index is 176. The number of carbonyl (C=O) groups is 1. The highest BCUT2D eigenvalue weighted by molar-refractivity contribution is 5.75. The largest absolute Gasteiger partial charge is 0.351 e. The monoisotopic (exact) mass is 187 g/mol. The summed E-state index contributed by atoms with van der Waals surface area (Å²) in [5.41, 5.74) is 0. The Hall–Kier alpha value is -0.610. The number of nitrogens with one attached hydrogen (secondary N) is 1. The van der Waals surface area contributed by atoms with E-state index in [-0.39, 0.29) is 5.91 Å². The topological polar surface area (TPSA) is 47.6 Å². The van der Waals surface area contributed by atoms with E-state index in [1.165, 1.54) is 0 Å². The van der Waals surface area contributed by atoms with E-state index in [1.54, 1.807) is 0 Å². The van der Waals surface area contributed by atoms with E-state index in [2.05, 4.69) is 5.32 Å². The molecule has 4 nitrogen and oxygen atoms in total. The number of rotatable bonds is 4. The van der Waals surface area contributed by atoms with Gasteiger partial charge in [0.05, 0.1) is 19.8 Å². The second kappa shape index (κ2) is 4.58.